The summed E-state index contributed by atoms with van der Waals surface area (Å²) in [6, 6.07) is 5.52. The van der Waals surface area contributed by atoms with Gasteiger partial charge in [0, 0.05) is 4.90 Å². The van der Waals surface area contributed by atoms with Crippen molar-refractivity contribution in [1.82, 2.24) is 0 Å². The Hall–Kier alpha value is -1.36. The Bertz CT molecular complexity index is 330. The average Bonchev–Trinajstić information content (AvgIpc) is 2.26. The molecule has 3 N–H and O–H groups in total. The van der Waals surface area contributed by atoms with Crippen molar-refractivity contribution in [1.29, 1.82) is 0 Å². The highest BCUT2D eigenvalue weighted by Crippen LogP contribution is 2.28. The minimum absolute atomic E-state index is 0.0619. The van der Waals surface area contributed by atoms with Gasteiger partial charge in [-0.2, -0.15) is 0 Å². The molecule has 1 aromatic rings. The number of ether oxygens (including phenoxy) is 1. The summed E-state index contributed by atoms with van der Waals surface area (Å²) in [5.41, 5.74) is 6.18. The molecule has 5 heteroatoms. The number of oxime groups is 1. The van der Waals surface area contributed by atoms with E-state index in [0.29, 0.717) is 11.3 Å². The Morgan fingerprint density at radius 2 is 2.29 bits per heavy atom. The second-order valence-corrected chi connectivity index (χ2v) is 3.37. The molecule has 0 spiro atoms. The van der Waals surface area contributed by atoms with Crippen molar-refractivity contribution in [2.45, 2.75) is 4.90 Å². The van der Waals surface area contributed by atoms with E-state index in [1.54, 1.807) is 13.2 Å². The number of hydrogen-bond donors (Lipinski definition) is 2. The van der Waals surface area contributed by atoms with Gasteiger partial charge in [-0.05, 0) is 18.4 Å². The highest BCUT2D eigenvalue weighted by atomic mass is 32.2. The Morgan fingerprint density at radius 1 is 1.57 bits per heavy atom. The van der Waals surface area contributed by atoms with Gasteiger partial charge in [0.1, 0.15) is 5.75 Å². The van der Waals surface area contributed by atoms with E-state index in [1.807, 2.05) is 18.4 Å². The molecule has 0 unspecified atom stereocenters. The van der Waals surface area contributed by atoms with Crippen molar-refractivity contribution in [3.05, 3.63) is 23.8 Å². The van der Waals surface area contributed by atoms with E-state index < -0.39 is 0 Å². The summed E-state index contributed by atoms with van der Waals surface area (Å²) in [5.74, 6) is 0.666. The van der Waals surface area contributed by atoms with E-state index in [2.05, 4.69) is 5.16 Å². The third kappa shape index (κ3) is 1.93. The van der Waals surface area contributed by atoms with Gasteiger partial charge in [0.25, 0.3) is 0 Å². The van der Waals surface area contributed by atoms with Crippen molar-refractivity contribution in [2.75, 3.05) is 13.4 Å². The van der Waals surface area contributed by atoms with Gasteiger partial charge in [-0.3, -0.25) is 0 Å². The Balaban J connectivity index is 3.33. The third-order valence-electron chi connectivity index (χ3n) is 1.79. The molecule has 0 heterocycles. The number of thioether (sulfide) groups is 1. The van der Waals surface area contributed by atoms with Crippen LogP contribution in [-0.4, -0.2) is 24.4 Å². The summed E-state index contributed by atoms with van der Waals surface area (Å²) >= 11 is 1.52. The molecule has 0 saturated heterocycles. The summed E-state index contributed by atoms with van der Waals surface area (Å²) in [5, 5.41) is 11.6. The van der Waals surface area contributed by atoms with Crippen molar-refractivity contribution < 1.29 is 9.94 Å². The normalized spacial score (nSPS) is 11.4. The number of methoxy groups -OCH3 is 1. The molecule has 0 amide bonds. The fourth-order valence-electron chi connectivity index (χ4n) is 1.15. The van der Waals surface area contributed by atoms with Gasteiger partial charge < -0.3 is 15.7 Å². The molecule has 0 saturated carbocycles. The first-order valence-corrected chi connectivity index (χ1v) is 5.16. The first kappa shape index (κ1) is 10.7. The predicted octanol–water partition coefficient (Wildman–Crippen LogP) is 1.51. The minimum atomic E-state index is 0.0619. The largest absolute Gasteiger partial charge is 0.496 e. The van der Waals surface area contributed by atoms with Gasteiger partial charge in [0.05, 0.1) is 12.7 Å². The van der Waals surface area contributed by atoms with Crippen LogP contribution in [0.1, 0.15) is 5.56 Å². The van der Waals surface area contributed by atoms with Gasteiger partial charge in [-0.15, -0.1) is 11.8 Å². The van der Waals surface area contributed by atoms with Gasteiger partial charge in [0.2, 0.25) is 0 Å². The maximum Gasteiger partial charge on any atom is 0.174 e. The Labute approximate surface area is 86.7 Å². The molecule has 0 atom stereocenters. The first-order valence-electron chi connectivity index (χ1n) is 3.93. The number of benzene rings is 1. The molecule has 76 valence electrons. The zero-order valence-corrected chi connectivity index (χ0v) is 8.84. The lowest BCUT2D eigenvalue weighted by molar-refractivity contribution is 0.318. The fourth-order valence-corrected chi connectivity index (χ4v) is 1.78. The summed E-state index contributed by atoms with van der Waals surface area (Å²) in [7, 11) is 1.55. The molecule has 0 aliphatic rings. The number of rotatable bonds is 3. The summed E-state index contributed by atoms with van der Waals surface area (Å²) < 4.78 is 5.13. The van der Waals surface area contributed by atoms with Crippen molar-refractivity contribution >= 4 is 17.6 Å². The van der Waals surface area contributed by atoms with Crippen LogP contribution in [-0.2, 0) is 0 Å². The molecule has 0 bridgehead atoms. The lowest BCUT2D eigenvalue weighted by Gasteiger charge is -2.10. The van der Waals surface area contributed by atoms with E-state index in [-0.39, 0.29) is 5.84 Å². The first-order chi connectivity index (χ1) is 6.74. The second-order valence-electron chi connectivity index (χ2n) is 2.52. The van der Waals surface area contributed by atoms with Crippen LogP contribution in [0, 0.1) is 0 Å². The van der Waals surface area contributed by atoms with Crippen LogP contribution in [0.5, 0.6) is 5.75 Å². The van der Waals surface area contributed by atoms with E-state index in [4.69, 9.17) is 15.7 Å². The summed E-state index contributed by atoms with van der Waals surface area (Å²) in [6.07, 6.45) is 1.92. The van der Waals surface area contributed by atoms with Gasteiger partial charge in [0.15, 0.2) is 5.84 Å². The monoisotopic (exact) mass is 212 g/mol. The van der Waals surface area contributed by atoms with Crippen LogP contribution in [0.3, 0.4) is 0 Å². The molecule has 0 radical (unpaired) electrons. The van der Waals surface area contributed by atoms with Gasteiger partial charge in [-0.1, -0.05) is 11.2 Å². The molecular formula is C9H12N2O2S. The molecule has 0 aliphatic carbocycles. The van der Waals surface area contributed by atoms with Crippen molar-refractivity contribution in [2.24, 2.45) is 10.9 Å². The van der Waals surface area contributed by atoms with E-state index in [1.165, 1.54) is 11.8 Å². The maximum absolute atomic E-state index is 8.63. The molecular weight excluding hydrogens is 200 g/mol. The molecule has 1 rings (SSSR count). The zero-order chi connectivity index (χ0) is 10.6. The minimum Gasteiger partial charge on any atom is -0.496 e. The summed E-state index contributed by atoms with van der Waals surface area (Å²) in [4.78, 5) is 0.916. The highest BCUT2D eigenvalue weighted by molar-refractivity contribution is 7.98. The molecule has 14 heavy (non-hydrogen) atoms. The smallest absolute Gasteiger partial charge is 0.174 e. The molecule has 4 nitrogen and oxygen atoms in total. The van der Waals surface area contributed by atoms with Crippen molar-refractivity contribution in [3.8, 4) is 5.75 Å². The molecule has 1 aromatic carbocycles. The number of nitrogens with zero attached hydrogens (tertiary/aromatic N) is 1. The van der Waals surface area contributed by atoms with E-state index in [0.717, 1.165) is 4.90 Å². The van der Waals surface area contributed by atoms with Gasteiger partial charge >= 0.3 is 0 Å². The fraction of sp³-hybridized carbons (Fsp3) is 0.222. The van der Waals surface area contributed by atoms with Crippen LogP contribution in [0.25, 0.3) is 0 Å². The van der Waals surface area contributed by atoms with Gasteiger partial charge in [-0.25, -0.2) is 0 Å². The van der Waals surface area contributed by atoms with Crippen LogP contribution in [0.2, 0.25) is 0 Å². The second kappa shape index (κ2) is 4.76. The van der Waals surface area contributed by atoms with Crippen LogP contribution in [0.15, 0.2) is 28.3 Å². The standard InChI is InChI=1S/C9H12N2O2S/c1-13-6-4-3-5-7(14-2)8(6)9(10)11-12/h3-5,12H,1-2H3,(H2,10,11). The molecule has 0 aliphatic heterocycles. The quantitative estimate of drug-likeness (QED) is 0.262. The maximum atomic E-state index is 8.63. The molecule has 0 fully saturated rings. The SMILES string of the molecule is COc1cccc(SC)c1/C(N)=N/O. The summed E-state index contributed by atoms with van der Waals surface area (Å²) in [6.45, 7) is 0. The van der Waals surface area contributed by atoms with E-state index >= 15 is 0 Å². The Morgan fingerprint density at radius 3 is 2.79 bits per heavy atom. The average molecular weight is 212 g/mol. The molecule has 0 aromatic heterocycles. The topological polar surface area (TPSA) is 67.8 Å². The number of amidine groups is 1. The third-order valence-corrected chi connectivity index (χ3v) is 2.57. The Kier molecular flexibility index (Phi) is 3.64. The number of nitrogens with two attached hydrogens (primary N) is 1. The van der Waals surface area contributed by atoms with E-state index in [9.17, 15) is 0 Å². The lowest BCUT2D eigenvalue weighted by Crippen LogP contribution is -2.15. The predicted molar refractivity (Wildman–Crippen MR) is 57.3 cm³/mol. The number of hydrogen-bond acceptors (Lipinski definition) is 4. The van der Waals surface area contributed by atoms with Crippen LogP contribution >= 0.6 is 11.8 Å². The van der Waals surface area contributed by atoms with Crippen LogP contribution in [0.4, 0.5) is 0 Å². The van der Waals surface area contributed by atoms with Crippen molar-refractivity contribution in [3.63, 3.8) is 0 Å². The van der Waals surface area contributed by atoms with Crippen LogP contribution < -0.4 is 10.5 Å². The highest BCUT2D eigenvalue weighted by Gasteiger charge is 2.12. The lowest BCUT2D eigenvalue weighted by atomic mass is 10.2. The zero-order valence-electron chi connectivity index (χ0n) is 8.02.